The zero-order valence-electron chi connectivity index (χ0n) is 22.4. The fourth-order valence-electron chi connectivity index (χ4n) is 4.74. The quantitative estimate of drug-likeness (QED) is 0.321. The number of urea groups is 1. The van der Waals surface area contributed by atoms with Crippen molar-refractivity contribution in [3.63, 3.8) is 0 Å². The number of anilines is 2. The van der Waals surface area contributed by atoms with E-state index in [0.29, 0.717) is 19.5 Å². The van der Waals surface area contributed by atoms with Crippen molar-refractivity contribution in [1.82, 2.24) is 20.6 Å². The molecule has 2 atom stereocenters. The van der Waals surface area contributed by atoms with E-state index in [1.54, 1.807) is 21.6 Å². The van der Waals surface area contributed by atoms with Gasteiger partial charge in [0.2, 0.25) is 5.91 Å². The van der Waals surface area contributed by atoms with Crippen LogP contribution in [0.1, 0.15) is 25.7 Å². The molecule has 2 heterocycles. The van der Waals surface area contributed by atoms with Gasteiger partial charge in [0.15, 0.2) is 5.78 Å². The molecular weight excluding hydrogens is 521 g/mol. The lowest BCUT2D eigenvalue weighted by Gasteiger charge is -2.40. The largest absolute Gasteiger partial charge is 0.344 e. The van der Waals surface area contributed by atoms with E-state index in [9.17, 15) is 18.8 Å². The second-order valence-electron chi connectivity index (χ2n) is 9.86. The van der Waals surface area contributed by atoms with E-state index in [1.165, 1.54) is 0 Å². The number of nitrogens with one attached hydrogen (secondary N) is 2. The molecule has 2 aliphatic heterocycles. The number of benzene rings is 2. The number of rotatable bonds is 11. The van der Waals surface area contributed by atoms with Crippen molar-refractivity contribution in [2.45, 2.75) is 47.6 Å². The number of likely N-dealkylation sites (tertiary alicyclic amines) is 1. The zero-order valence-corrected chi connectivity index (χ0v) is 23.2. The first kappa shape index (κ1) is 29.0. The molecule has 0 aliphatic carbocycles. The minimum Gasteiger partial charge on any atom is -0.344 e. The van der Waals surface area contributed by atoms with E-state index in [-0.39, 0.29) is 19.1 Å². The molecule has 1 saturated heterocycles. The topological polar surface area (TPSA) is 94.2 Å². The molecule has 39 heavy (non-hydrogen) atoms. The van der Waals surface area contributed by atoms with Crippen LogP contribution in [0.15, 0.2) is 58.3 Å². The van der Waals surface area contributed by atoms with Crippen LogP contribution in [0.4, 0.5) is 20.6 Å². The second-order valence-corrected chi connectivity index (χ2v) is 10.9. The van der Waals surface area contributed by atoms with Crippen LogP contribution >= 0.6 is 11.8 Å². The van der Waals surface area contributed by atoms with Gasteiger partial charge in [-0.1, -0.05) is 36.0 Å². The van der Waals surface area contributed by atoms with E-state index in [0.717, 1.165) is 40.6 Å². The molecule has 0 spiro atoms. The second kappa shape index (κ2) is 13.9. The Morgan fingerprint density at radius 2 is 1.74 bits per heavy atom. The Morgan fingerprint density at radius 1 is 1.08 bits per heavy atom. The summed E-state index contributed by atoms with van der Waals surface area (Å²) >= 11 is 1.60. The van der Waals surface area contributed by atoms with E-state index in [4.69, 9.17) is 4.84 Å². The first-order valence-corrected chi connectivity index (χ1v) is 14.1. The van der Waals surface area contributed by atoms with Crippen molar-refractivity contribution >= 4 is 40.9 Å². The van der Waals surface area contributed by atoms with Crippen molar-refractivity contribution in [3.05, 3.63) is 48.5 Å². The molecule has 0 bridgehead atoms. The number of hydroxylamine groups is 1. The molecule has 2 aliphatic rings. The molecule has 3 amide bonds. The summed E-state index contributed by atoms with van der Waals surface area (Å²) in [4.78, 5) is 52.4. The van der Waals surface area contributed by atoms with Crippen LogP contribution in [0.3, 0.4) is 0 Å². The van der Waals surface area contributed by atoms with E-state index in [2.05, 4.69) is 10.8 Å². The highest BCUT2D eigenvalue weighted by Crippen LogP contribution is 2.48. The van der Waals surface area contributed by atoms with E-state index in [1.807, 2.05) is 67.5 Å². The zero-order chi connectivity index (χ0) is 27.8. The third kappa shape index (κ3) is 7.16. The number of carbonyl (C=O) groups is 3. The molecule has 0 radical (unpaired) electrons. The number of carbonyl (C=O) groups excluding carboxylic acids is 3. The monoisotopic (exact) mass is 557 g/mol. The van der Waals surface area contributed by atoms with Gasteiger partial charge in [-0.25, -0.2) is 14.7 Å². The number of Topliss-reactive ketones (excluding diaryl/α,β-unsaturated/α-hetero) is 1. The molecule has 2 aromatic carbocycles. The maximum Gasteiger partial charge on any atom is 0.329 e. The number of likely N-dealkylation sites (N-methyl/N-ethyl adjacent to an activating group) is 1. The van der Waals surface area contributed by atoms with Gasteiger partial charge in [0, 0.05) is 35.8 Å². The van der Waals surface area contributed by atoms with Crippen LogP contribution in [0, 0.1) is 0 Å². The molecule has 210 valence electrons. The summed E-state index contributed by atoms with van der Waals surface area (Å²) in [5.41, 5.74) is 4.33. The molecule has 1 fully saturated rings. The van der Waals surface area contributed by atoms with E-state index >= 15 is 0 Å². The number of piperidine rings is 1. The summed E-state index contributed by atoms with van der Waals surface area (Å²) in [5, 5.41) is 2.71. The lowest BCUT2D eigenvalue weighted by Crippen LogP contribution is -2.57. The first-order chi connectivity index (χ1) is 18.9. The molecule has 4 rings (SSSR count). The molecule has 2 N–H and O–H groups in total. The van der Waals surface area contributed by atoms with Gasteiger partial charge in [0.05, 0.1) is 24.0 Å². The number of alkyl halides is 1. The predicted molar refractivity (Wildman–Crippen MR) is 149 cm³/mol. The number of ketones is 1. The summed E-state index contributed by atoms with van der Waals surface area (Å²) < 4.78 is 13.3. The highest BCUT2D eigenvalue weighted by Gasteiger charge is 2.39. The summed E-state index contributed by atoms with van der Waals surface area (Å²) in [6.07, 6.45) is 2.11. The van der Waals surface area contributed by atoms with Crippen molar-refractivity contribution in [2.24, 2.45) is 0 Å². The van der Waals surface area contributed by atoms with Gasteiger partial charge in [0.25, 0.3) is 0 Å². The van der Waals surface area contributed by atoms with Crippen LogP contribution in [-0.2, 0) is 14.4 Å². The third-order valence-electron chi connectivity index (χ3n) is 6.78. The van der Waals surface area contributed by atoms with Gasteiger partial charge in [-0.3, -0.25) is 14.5 Å². The molecule has 2 aromatic rings. The van der Waals surface area contributed by atoms with Gasteiger partial charge >= 0.3 is 6.03 Å². The van der Waals surface area contributed by atoms with Crippen LogP contribution in [-0.4, -0.2) is 86.6 Å². The Hall–Kier alpha value is -2.99. The van der Waals surface area contributed by atoms with Crippen molar-refractivity contribution in [3.8, 4) is 0 Å². The minimum absolute atomic E-state index is 0.119. The van der Waals surface area contributed by atoms with Gasteiger partial charge in [0.1, 0.15) is 12.7 Å². The van der Waals surface area contributed by atoms with Crippen LogP contribution in [0.5, 0.6) is 0 Å². The Bertz CT molecular complexity index is 1120. The van der Waals surface area contributed by atoms with Crippen LogP contribution < -0.4 is 15.7 Å². The normalized spacial score (nSPS) is 17.4. The third-order valence-corrected chi connectivity index (χ3v) is 7.91. The molecule has 0 aromatic heterocycles. The number of halogens is 1. The van der Waals surface area contributed by atoms with Gasteiger partial charge in [-0.15, -0.1) is 0 Å². The number of hydrogen-bond acceptors (Lipinski definition) is 7. The minimum atomic E-state index is -1.19. The molecular formula is C28H36FN5O4S. The number of para-hydroxylation sites is 2. The standard InChI is InChI=1S/C28H36FN5O4S/c1-32(2)17-15-30-38-18-14-20(24(35)19-29)31-27(36)23-11-7-8-16-33(23)28(37)34-21-9-3-5-12-25(21)39-26-13-6-4-10-22(26)34/h3-6,9-10,12-13,20,23,30H,7-8,11,14-19H2,1-2H3,(H,31,36). The molecule has 0 saturated carbocycles. The SMILES string of the molecule is CN(C)CCNOCCC(NC(=O)C1CCCCN1C(=O)N1c2ccccc2Sc2ccccc21)C(=O)CF. The number of hydrogen-bond donors (Lipinski definition) is 2. The number of nitrogens with zero attached hydrogens (tertiary/aromatic N) is 3. The van der Waals surface area contributed by atoms with Gasteiger partial charge in [-0.05, 0) is 57.6 Å². The van der Waals surface area contributed by atoms with E-state index < -0.39 is 30.4 Å². The van der Waals surface area contributed by atoms with Crippen molar-refractivity contribution < 1.29 is 23.6 Å². The van der Waals surface area contributed by atoms with Gasteiger partial charge < -0.3 is 20.0 Å². The lowest BCUT2D eigenvalue weighted by atomic mass is 10.0. The summed E-state index contributed by atoms with van der Waals surface area (Å²) in [5.74, 6) is -1.17. The average Bonchev–Trinajstić information content (AvgIpc) is 2.96. The predicted octanol–water partition coefficient (Wildman–Crippen LogP) is 3.76. The Kier molecular flexibility index (Phi) is 10.3. The molecule has 11 heteroatoms. The van der Waals surface area contributed by atoms with Crippen molar-refractivity contribution in [2.75, 3.05) is 51.9 Å². The summed E-state index contributed by atoms with van der Waals surface area (Å²) in [6.45, 7) is 0.689. The van der Waals surface area contributed by atoms with Crippen LogP contribution in [0.25, 0.3) is 0 Å². The summed E-state index contributed by atoms with van der Waals surface area (Å²) in [6, 6.07) is 13.3. The number of amides is 3. The first-order valence-electron chi connectivity index (χ1n) is 13.3. The Morgan fingerprint density at radius 3 is 2.38 bits per heavy atom. The Labute approximate surface area is 233 Å². The summed E-state index contributed by atoms with van der Waals surface area (Å²) in [7, 11) is 3.88. The highest BCUT2D eigenvalue weighted by atomic mass is 32.2. The lowest BCUT2D eigenvalue weighted by molar-refractivity contribution is -0.132. The fraction of sp³-hybridized carbons (Fsp3) is 0.464. The fourth-order valence-corrected chi connectivity index (χ4v) is 5.80. The highest BCUT2D eigenvalue weighted by molar-refractivity contribution is 7.99. The number of fused-ring (bicyclic) bond motifs is 2. The van der Waals surface area contributed by atoms with Gasteiger partial charge in [-0.2, -0.15) is 0 Å². The van der Waals surface area contributed by atoms with Crippen LogP contribution in [0.2, 0.25) is 0 Å². The maximum atomic E-state index is 14.1. The van der Waals surface area contributed by atoms with Crippen molar-refractivity contribution in [1.29, 1.82) is 0 Å². The molecule has 9 nitrogen and oxygen atoms in total. The average molecular weight is 558 g/mol. The Balaban J connectivity index is 1.47. The molecule has 2 unspecified atom stereocenters. The smallest absolute Gasteiger partial charge is 0.329 e. The maximum absolute atomic E-state index is 14.1.